The largest absolute Gasteiger partial charge is 1.00 e. The average Bonchev–Trinajstić information content (AvgIpc) is 3.08. The van der Waals surface area contributed by atoms with Gasteiger partial charge in [0.05, 0.1) is 36.6 Å². The molecule has 0 aliphatic heterocycles. The summed E-state index contributed by atoms with van der Waals surface area (Å²) in [6.45, 7) is 3.43. The van der Waals surface area contributed by atoms with Crippen molar-refractivity contribution in [1.29, 1.82) is 0 Å². The summed E-state index contributed by atoms with van der Waals surface area (Å²) < 4.78 is 145. The van der Waals surface area contributed by atoms with Gasteiger partial charge in [-0.15, -0.1) is 15.3 Å². The second-order valence-electron chi connectivity index (χ2n) is 11.7. The normalized spacial score (nSPS) is 12.1. The van der Waals surface area contributed by atoms with Crippen LogP contribution in [-0.2, 0) is 40.5 Å². The zero-order chi connectivity index (χ0) is 41.8. The first-order chi connectivity index (χ1) is 26.4. The van der Waals surface area contributed by atoms with Gasteiger partial charge in [0.2, 0.25) is 16.5 Å². The van der Waals surface area contributed by atoms with Gasteiger partial charge >= 0.3 is 118 Å². The van der Waals surface area contributed by atoms with Gasteiger partial charge in [0.15, 0.2) is 0 Å². The summed E-state index contributed by atoms with van der Waals surface area (Å²) >= 11 is 11.7. The molecule has 0 saturated carbocycles. The Kier molecular flexibility index (Phi) is 19.7. The molecule has 0 atom stereocenters. The van der Waals surface area contributed by atoms with Gasteiger partial charge < -0.3 is 23.5 Å². The van der Waals surface area contributed by atoms with E-state index in [2.05, 4.69) is 40.7 Å². The Morgan fingerprint density at radius 1 is 0.492 bits per heavy atom. The number of hydrogen-bond donors (Lipinski definition) is 1. The summed E-state index contributed by atoms with van der Waals surface area (Å²) in [5.74, 6) is 0.0661. The Labute approximate surface area is 446 Å². The summed E-state index contributed by atoms with van der Waals surface area (Å²) in [7, 11) is -21.5. The van der Waals surface area contributed by atoms with E-state index in [4.69, 9.17) is 23.2 Å². The third-order valence-electron chi connectivity index (χ3n) is 7.96. The molecule has 1 aromatic heterocycles. The molecule has 296 valence electrons. The molecule has 0 amide bonds. The topological polar surface area (TPSA) is 329 Å². The number of halogens is 2. The van der Waals surface area contributed by atoms with Crippen LogP contribution in [0.5, 0.6) is 0 Å². The molecule has 6 rings (SSSR count). The fourth-order valence-electron chi connectivity index (χ4n) is 5.37. The Hall–Kier alpha value is -1.15. The van der Waals surface area contributed by atoms with Crippen LogP contribution in [0.15, 0.2) is 107 Å². The number of anilines is 2. The molecule has 1 heterocycles. The van der Waals surface area contributed by atoms with Crippen molar-refractivity contribution in [3.8, 4) is 0 Å². The minimum absolute atomic E-state index is 0. The van der Waals surface area contributed by atoms with Crippen molar-refractivity contribution in [2.75, 3.05) is 5.32 Å². The summed E-state index contributed by atoms with van der Waals surface area (Å²) in [6, 6.07) is 11.0. The van der Waals surface area contributed by atoms with Crippen LogP contribution in [0.1, 0.15) is 11.1 Å². The number of aromatic nitrogens is 3. The monoisotopic (exact) mass is 984 g/mol. The van der Waals surface area contributed by atoms with Crippen molar-refractivity contribution < 1.29 is 170 Å². The van der Waals surface area contributed by atoms with Gasteiger partial charge in [0.25, 0.3) is 0 Å². The van der Waals surface area contributed by atoms with Crippen molar-refractivity contribution in [3.63, 3.8) is 0 Å². The Bertz CT molecular complexity index is 3220. The van der Waals surface area contributed by atoms with Gasteiger partial charge in [-0.1, -0.05) is 12.1 Å². The number of azo groups is 2. The second-order valence-corrected chi connectivity index (χ2v) is 17.9. The van der Waals surface area contributed by atoms with Crippen molar-refractivity contribution >= 4 is 120 Å². The van der Waals surface area contributed by atoms with Crippen LogP contribution in [0.25, 0.3) is 21.5 Å². The molecule has 61 heavy (non-hydrogen) atoms. The van der Waals surface area contributed by atoms with E-state index >= 15 is 0 Å². The first-order valence-electron chi connectivity index (χ1n) is 15.2. The number of nitrogens with zero attached hydrogens (tertiary/aromatic N) is 7. The number of fused-ring (bicyclic) bond motifs is 2. The molecule has 20 nitrogen and oxygen atoms in total. The van der Waals surface area contributed by atoms with E-state index in [1.54, 1.807) is 26.0 Å². The second kappa shape index (κ2) is 21.4. The molecular formula is C31H18Cl2N8Na4O12S4. The third-order valence-corrected chi connectivity index (χ3v) is 11.7. The number of rotatable bonds is 10. The molecule has 0 unspecified atom stereocenters. The summed E-state index contributed by atoms with van der Waals surface area (Å²) in [5, 5.41) is 17.7. The van der Waals surface area contributed by atoms with Gasteiger partial charge in [0.1, 0.15) is 46.2 Å². The van der Waals surface area contributed by atoms with Crippen molar-refractivity contribution in [2.45, 2.75) is 33.4 Å². The standard InChI is InChI=1S/C31H22Cl2N8O12S4.4Na/c1-14-10-25(15(2)9-24(14)34-31-36-29(32)35-30(33)37-31)40-38-23-8-7-22(18-5-3-16(11-20(18)23)54(42,43)44)39-41-28-21-12-17(55(45,46)47)4-6-19(21)26(56(48,49)50)13-27(28)57(51,52)53;;;;/h3-13H,1-2H3,(H,42,43,44)(H,45,46,47)(H,48,49,50)(H,51,52,53)(H,34,35,36,37);;;;/q;4*+1/p-4. The summed E-state index contributed by atoms with van der Waals surface area (Å²) in [6.07, 6.45) is 0. The van der Waals surface area contributed by atoms with E-state index in [0.29, 0.717) is 34.6 Å². The van der Waals surface area contributed by atoms with Crippen molar-refractivity contribution in [3.05, 3.63) is 88.4 Å². The van der Waals surface area contributed by atoms with Crippen LogP contribution in [0.2, 0.25) is 10.6 Å². The Morgan fingerprint density at radius 3 is 1.49 bits per heavy atom. The van der Waals surface area contributed by atoms with Gasteiger partial charge in [-0.25, -0.2) is 33.7 Å². The maximum atomic E-state index is 12.4. The molecule has 0 spiro atoms. The molecular weight excluding hydrogens is 968 g/mol. The molecule has 0 fully saturated rings. The van der Waals surface area contributed by atoms with Crippen LogP contribution in [0, 0.1) is 13.8 Å². The molecule has 0 radical (unpaired) electrons. The van der Waals surface area contributed by atoms with Crippen LogP contribution in [0.3, 0.4) is 0 Å². The molecule has 0 aliphatic carbocycles. The van der Waals surface area contributed by atoms with Crippen LogP contribution >= 0.6 is 23.2 Å². The van der Waals surface area contributed by atoms with E-state index in [9.17, 15) is 51.9 Å². The predicted molar refractivity (Wildman–Crippen MR) is 197 cm³/mol. The zero-order valence-corrected chi connectivity index (χ0v) is 45.0. The van der Waals surface area contributed by atoms with E-state index in [0.717, 1.165) is 24.3 Å². The molecule has 5 aromatic carbocycles. The van der Waals surface area contributed by atoms with Crippen molar-refractivity contribution in [2.24, 2.45) is 20.5 Å². The molecule has 6 aromatic rings. The zero-order valence-electron chi connectivity index (χ0n) is 32.3. The quantitative estimate of drug-likeness (QED) is 0.0760. The first-order valence-corrected chi connectivity index (χ1v) is 21.6. The van der Waals surface area contributed by atoms with Gasteiger partial charge in [-0.05, 0) is 103 Å². The fraction of sp³-hybridized carbons (Fsp3) is 0.0645. The Balaban J connectivity index is 0.00000320. The molecule has 30 heteroatoms. The molecule has 1 N–H and O–H groups in total. The minimum atomic E-state index is -5.68. The minimum Gasteiger partial charge on any atom is -0.744 e. The van der Waals surface area contributed by atoms with Crippen LogP contribution < -0.4 is 124 Å². The molecule has 0 bridgehead atoms. The van der Waals surface area contributed by atoms with E-state index in [-0.39, 0.29) is 163 Å². The van der Waals surface area contributed by atoms with Crippen molar-refractivity contribution in [1.82, 2.24) is 15.0 Å². The van der Waals surface area contributed by atoms with Gasteiger partial charge in [0, 0.05) is 27.2 Å². The van der Waals surface area contributed by atoms with E-state index in [1.807, 2.05) is 0 Å². The molecule has 0 aliphatic rings. The maximum Gasteiger partial charge on any atom is 1.00 e. The maximum absolute atomic E-state index is 12.4. The Morgan fingerprint density at radius 2 is 0.967 bits per heavy atom. The summed E-state index contributed by atoms with van der Waals surface area (Å²) in [4.78, 5) is 7.28. The predicted octanol–water partition coefficient (Wildman–Crippen LogP) is -5.69. The van der Waals surface area contributed by atoms with Crippen LogP contribution in [-0.4, -0.2) is 66.8 Å². The smallest absolute Gasteiger partial charge is 0.744 e. The number of nitrogens with one attached hydrogen (secondary N) is 1. The number of benzene rings is 5. The van der Waals surface area contributed by atoms with Crippen LogP contribution in [0.4, 0.5) is 34.4 Å². The number of hydrogen-bond acceptors (Lipinski definition) is 20. The fourth-order valence-corrected chi connectivity index (χ4v) is 8.16. The van der Waals surface area contributed by atoms with E-state index < -0.39 is 76.5 Å². The van der Waals surface area contributed by atoms with Gasteiger partial charge in [-0.2, -0.15) is 20.1 Å². The average molecular weight is 986 g/mol. The van der Waals surface area contributed by atoms with Gasteiger partial charge in [-0.3, -0.25) is 0 Å². The third kappa shape index (κ3) is 13.2. The molecule has 0 saturated heterocycles. The SMILES string of the molecule is Cc1cc(Nc2nc(Cl)nc(Cl)n2)c(C)cc1N=Nc1ccc(N=Nc2c(S(=O)(=O)[O-])cc(S(=O)(=O)[O-])c3ccc(S(=O)(=O)[O-])cc23)c2ccc(S(=O)(=O)[O-])cc12.[Na+].[Na+].[Na+].[Na+]. The van der Waals surface area contributed by atoms with E-state index in [1.165, 1.54) is 12.1 Å². The summed E-state index contributed by atoms with van der Waals surface area (Å²) in [5.41, 5.74) is 0.967. The number of aryl methyl sites for hydroxylation is 2. The first kappa shape index (κ1) is 56.0.